The zero-order valence-electron chi connectivity index (χ0n) is 16.5. The number of hydrogen-bond donors (Lipinski definition) is 1. The smallest absolute Gasteiger partial charge is 0.234 e. The second-order valence-corrected chi connectivity index (χ2v) is 8.57. The lowest BCUT2D eigenvalue weighted by atomic mass is 10.2. The van der Waals surface area contributed by atoms with Gasteiger partial charge in [0, 0.05) is 27.0 Å². The number of carbonyl (C=O) groups is 1. The van der Waals surface area contributed by atoms with E-state index >= 15 is 0 Å². The van der Waals surface area contributed by atoms with Crippen LogP contribution in [-0.4, -0.2) is 26.4 Å². The average Bonchev–Trinajstić information content (AvgIpc) is 3.20. The number of carbonyl (C=O) groups excluding carboxylic acids is 1. The molecule has 0 unspecified atom stereocenters. The van der Waals surface area contributed by atoms with E-state index in [9.17, 15) is 4.79 Å². The van der Waals surface area contributed by atoms with Gasteiger partial charge in [0.05, 0.1) is 5.75 Å². The summed E-state index contributed by atoms with van der Waals surface area (Å²) in [6.07, 6.45) is 0. The third-order valence-electron chi connectivity index (χ3n) is 4.54. The van der Waals surface area contributed by atoms with E-state index in [1.54, 1.807) is 6.07 Å². The Kier molecular flexibility index (Phi) is 6.61. The van der Waals surface area contributed by atoms with Gasteiger partial charge in [-0.2, -0.15) is 0 Å². The van der Waals surface area contributed by atoms with Gasteiger partial charge < -0.3 is 5.32 Å². The molecule has 0 bridgehead atoms. The van der Waals surface area contributed by atoms with E-state index in [0.717, 1.165) is 16.8 Å². The fourth-order valence-corrected chi connectivity index (χ4v) is 4.02. The molecule has 4 aromatic rings. The van der Waals surface area contributed by atoms with Gasteiger partial charge in [-0.3, -0.25) is 9.36 Å². The fourth-order valence-electron chi connectivity index (χ4n) is 2.96. The Morgan fingerprint density at radius 1 is 1.00 bits per heavy atom. The molecule has 0 saturated carbocycles. The van der Waals surface area contributed by atoms with E-state index in [0.29, 0.717) is 26.7 Å². The lowest BCUT2D eigenvalue weighted by Crippen LogP contribution is -2.14. The van der Waals surface area contributed by atoms with Gasteiger partial charge in [0.25, 0.3) is 0 Å². The molecule has 5 nitrogen and oxygen atoms in total. The average molecular weight is 469 g/mol. The number of aryl methyl sites for hydroxylation is 1. The van der Waals surface area contributed by atoms with Crippen molar-refractivity contribution in [2.75, 3.05) is 11.1 Å². The summed E-state index contributed by atoms with van der Waals surface area (Å²) in [7, 11) is 0. The van der Waals surface area contributed by atoms with E-state index in [-0.39, 0.29) is 11.7 Å². The molecule has 0 radical (unpaired) electrons. The van der Waals surface area contributed by atoms with Crippen LogP contribution in [0.5, 0.6) is 0 Å². The molecule has 31 heavy (non-hydrogen) atoms. The number of aromatic nitrogens is 3. The summed E-state index contributed by atoms with van der Waals surface area (Å²) in [4.78, 5) is 12.5. The van der Waals surface area contributed by atoms with Gasteiger partial charge in [-0.25, -0.2) is 0 Å². The van der Waals surface area contributed by atoms with Crippen LogP contribution >= 0.6 is 35.0 Å². The molecular weight excluding hydrogens is 451 g/mol. The Morgan fingerprint density at radius 2 is 1.74 bits per heavy atom. The van der Waals surface area contributed by atoms with Gasteiger partial charge in [0.15, 0.2) is 11.0 Å². The second-order valence-electron chi connectivity index (χ2n) is 6.78. The standard InChI is InChI=1S/C23H18Cl2N4OS/c1-15-7-10-18(13-20(15)25)26-21(30)14-31-23-28-27-22(16-5-3-2-4-6-16)29(23)19-11-8-17(24)9-12-19/h2-13H,14H2,1H3,(H,26,30). The molecule has 0 aliphatic carbocycles. The highest BCUT2D eigenvalue weighted by atomic mass is 35.5. The van der Waals surface area contributed by atoms with Crippen LogP contribution in [0.15, 0.2) is 78.0 Å². The van der Waals surface area contributed by atoms with E-state index in [1.165, 1.54) is 11.8 Å². The minimum absolute atomic E-state index is 0.156. The topological polar surface area (TPSA) is 59.8 Å². The first kappa shape index (κ1) is 21.4. The molecule has 0 atom stereocenters. The monoisotopic (exact) mass is 468 g/mol. The summed E-state index contributed by atoms with van der Waals surface area (Å²) in [6, 6.07) is 22.6. The molecule has 4 rings (SSSR count). The Morgan fingerprint density at radius 3 is 2.45 bits per heavy atom. The van der Waals surface area contributed by atoms with Gasteiger partial charge in [0.1, 0.15) is 0 Å². The van der Waals surface area contributed by atoms with Gasteiger partial charge >= 0.3 is 0 Å². The molecule has 1 N–H and O–H groups in total. The van der Waals surface area contributed by atoms with Crippen LogP contribution in [0.1, 0.15) is 5.56 Å². The zero-order chi connectivity index (χ0) is 21.8. The summed E-state index contributed by atoms with van der Waals surface area (Å²) in [5.74, 6) is 0.708. The van der Waals surface area contributed by atoms with Crippen molar-refractivity contribution in [2.24, 2.45) is 0 Å². The van der Waals surface area contributed by atoms with Gasteiger partial charge in [-0.1, -0.05) is 71.4 Å². The molecule has 8 heteroatoms. The van der Waals surface area contributed by atoms with Crippen molar-refractivity contribution in [3.63, 3.8) is 0 Å². The SMILES string of the molecule is Cc1ccc(NC(=O)CSc2nnc(-c3ccccc3)n2-c2ccc(Cl)cc2)cc1Cl. The third kappa shape index (κ3) is 5.10. The summed E-state index contributed by atoms with van der Waals surface area (Å²) >= 11 is 13.5. The maximum atomic E-state index is 12.5. The number of benzene rings is 3. The van der Waals surface area contributed by atoms with Crippen molar-refractivity contribution in [1.29, 1.82) is 0 Å². The molecule has 0 saturated heterocycles. The Labute approximate surface area is 194 Å². The zero-order valence-corrected chi connectivity index (χ0v) is 18.9. The lowest BCUT2D eigenvalue weighted by molar-refractivity contribution is -0.113. The van der Waals surface area contributed by atoms with Crippen LogP contribution in [0.3, 0.4) is 0 Å². The first-order valence-corrected chi connectivity index (χ1v) is 11.2. The molecule has 0 spiro atoms. The van der Waals surface area contributed by atoms with Crippen molar-refractivity contribution in [3.05, 3.63) is 88.4 Å². The number of rotatable bonds is 6. The minimum atomic E-state index is -0.156. The maximum Gasteiger partial charge on any atom is 0.234 e. The molecule has 1 amide bonds. The van der Waals surface area contributed by atoms with Gasteiger partial charge in [-0.05, 0) is 48.9 Å². The predicted molar refractivity (Wildman–Crippen MR) is 127 cm³/mol. The van der Waals surface area contributed by atoms with Crippen molar-refractivity contribution in [3.8, 4) is 17.1 Å². The first-order valence-electron chi connectivity index (χ1n) is 9.47. The van der Waals surface area contributed by atoms with Crippen molar-refractivity contribution in [1.82, 2.24) is 14.8 Å². The Balaban J connectivity index is 1.57. The minimum Gasteiger partial charge on any atom is -0.325 e. The van der Waals surface area contributed by atoms with E-state index in [4.69, 9.17) is 23.2 Å². The van der Waals surface area contributed by atoms with Crippen molar-refractivity contribution < 1.29 is 4.79 Å². The highest BCUT2D eigenvalue weighted by Crippen LogP contribution is 2.29. The van der Waals surface area contributed by atoms with Crippen LogP contribution < -0.4 is 5.32 Å². The predicted octanol–water partition coefficient (Wildman–Crippen LogP) is 6.28. The van der Waals surface area contributed by atoms with E-state index in [1.807, 2.05) is 78.2 Å². The highest BCUT2D eigenvalue weighted by molar-refractivity contribution is 7.99. The third-order valence-corrected chi connectivity index (χ3v) is 6.13. The first-order chi connectivity index (χ1) is 15.0. The Bertz CT molecular complexity index is 1210. The molecular formula is C23H18Cl2N4OS. The molecule has 0 aliphatic heterocycles. The van der Waals surface area contributed by atoms with Crippen molar-refractivity contribution in [2.45, 2.75) is 12.1 Å². The fraction of sp³-hybridized carbons (Fsp3) is 0.0870. The van der Waals surface area contributed by atoms with Crippen LogP contribution in [-0.2, 0) is 4.79 Å². The summed E-state index contributed by atoms with van der Waals surface area (Å²) in [6.45, 7) is 1.91. The number of nitrogens with one attached hydrogen (secondary N) is 1. The normalized spacial score (nSPS) is 10.8. The maximum absolute atomic E-state index is 12.5. The summed E-state index contributed by atoms with van der Waals surface area (Å²) < 4.78 is 1.92. The number of thioether (sulfide) groups is 1. The number of hydrogen-bond acceptors (Lipinski definition) is 4. The van der Waals surface area contributed by atoms with Crippen LogP contribution in [0, 0.1) is 6.92 Å². The molecule has 1 heterocycles. The summed E-state index contributed by atoms with van der Waals surface area (Å²) in [5.41, 5.74) is 3.40. The highest BCUT2D eigenvalue weighted by Gasteiger charge is 2.17. The van der Waals surface area contributed by atoms with Crippen LogP contribution in [0.25, 0.3) is 17.1 Å². The van der Waals surface area contributed by atoms with Crippen molar-refractivity contribution >= 4 is 46.6 Å². The quantitative estimate of drug-likeness (QED) is 0.338. The second kappa shape index (κ2) is 9.56. The van der Waals surface area contributed by atoms with Gasteiger partial charge in [-0.15, -0.1) is 10.2 Å². The number of amides is 1. The van der Waals surface area contributed by atoms with Crippen LogP contribution in [0.4, 0.5) is 5.69 Å². The molecule has 156 valence electrons. The molecule has 0 aliphatic rings. The lowest BCUT2D eigenvalue weighted by Gasteiger charge is -2.11. The van der Waals surface area contributed by atoms with Gasteiger partial charge in [0.2, 0.25) is 5.91 Å². The largest absolute Gasteiger partial charge is 0.325 e. The van der Waals surface area contributed by atoms with E-state index < -0.39 is 0 Å². The number of halogens is 2. The molecule has 0 fully saturated rings. The van der Waals surface area contributed by atoms with E-state index in [2.05, 4.69) is 15.5 Å². The Hall–Kier alpha value is -2.80. The molecule has 3 aromatic carbocycles. The van der Waals surface area contributed by atoms with Crippen LogP contribution in [0.2, 0.25) is 10.0 Å². The summed E-state index contributed by atoms with van der Waals surface area (Å²) in [5, 5.41) is 13.4. The number of anilines is 1. The molecule has 1 aromatic heterocycles. The number of nitrogens with zero attached hydrogens (tertiary/aromatic N) is 3.